The minimum Gasteiger partial charge on any atom is -0.508 e. The highest BCUT2D eigenvalue weighted by molar-refractivity contribution is 8.93. The molecule has 80 valence electrons. The topological polar surface area (TPSA) is 71.0 Å². The third-order valence-corrected chi connectivity index (χ3v) is 2.62. The summed E-state index contributed by atoms with van der Waals surface area (Å²) in [7, 11) is 0. The van der Waals surface area contributed by atoms with Crippen LogP contribution in [0.3, 0.4) is 0 Å². The van der Waals surface area contributed by atoms with E-state index in [2.05, 4.69) is 10.2 Å². The first kappa shape index (κ1) is 12.1. The molecule has 1 aromatic rings. The summed E-state index contributed by atoms with van der Waals surface area (Å²) in [6, 6.07) is 6.88. The maximum absolute atomic E-state index is 9.10. The van der Waals surface area contributed by atoms with Gasteiger partial charge in [0.15, 0.2) is 5.17 Å². The van der Waals surface area contributed by atoms with Crippen LogP contribution in [0.25, 0.3) is 0 Å². The zero-order valence-corrected chi connectivity index (χ0v) is 10.3. The van der Waals surface area contributed by atoms with Crippen molar-refractivity contribution in [3.05, 3.63) is 29.8 Å². The van der Waals surface area contributed by atoms with E-state index in [9.17, 15) is 0 Å². The summed E-state index contributed by atoms with van der Waals surface area (Å²) in [4.78, 5) is 0. The monoisotopic (exact) mass is 287 g/mol. The molecule has 0 saturated carbocycles. The van der Waals surface area contributed by atoms with Gasteiger partial charge in [-0.1, -0.05) is 11.8 Å². The number of phenols is 1. The Balaban J connectivity index is 0.00000112. The fourth-order valence-electron chi connectivity index (χ4n) is 1.10. The Morgan fingerprint density at radius 2 is 1.87 bits per heavy atom. The van der Waals surface area contributed by atoms with Crippen molar-refractivity contribution < 1.29 is 5.11 Å². The van der Waals surface area contributed by atoms with Gasteiger partial charge in [-0.25, -0.2) is 0 Å². The highest BCUT2D eigenvalue weighted by Crippen LogP contribution is 2.16. The number of hydrogen-bond donors (Lipinski definition) is 2. The van der Waals surface area contributed by atoms with E-state index >= 15 is 0 Å². The van der Waals surface area contributed by atoms with Crippen molar-refractivity contribution in [2.75, 3.05) is 5.75 Å². The summed E-state index contributed by atoms with van der Waals surface area (Å²) in [6.45, 7) is 0. The van der Waals surface area contributed by atoms with Crippen LogP contribution >= 0.6 is 28.7 Å². The number of thioether (sulfide) groups is 1. The predicted octanol–water partition coefficient (Wildman–Crippen LogP) is 1.74. The standard InChI is InChI=1S/C9H9N3OS.BrH/c10-9-12-11-8(5-14-9)6-1-3-7(13)4-2-6;/h1-4,13H,5H2,(H2,10,12);1H. The number of hydrogen-bond acceptors (Lipinski definition) is 5. The first-order valence-electron chi connectivity index (χ1n) is 4.08. The number of nitrogens with zero attached hydrogens (tertiary/aromatic N) is 2. The van der Waals surface area contributed by atoms with Gasteiger partial charge in [0.25, 0.3) is 0 Å². The lowest BCUT2D eigenvalue weighted by molar-refractivity contribution is 0.475. The Morgan fingerprint density at radius 3 is 2.40 bits per heavy atom. The molecule has 0 aliphatic carbocycles. The van der Waals surface area contributed by atoms with Crippen LogP contribution in [0, 0.1) is 0 Å². The van der Waals surface area contributed by atoms with Crippen molar-refractivity contribution in [1.29, 1.82) is 0 Å². The average molecular weight is 288 g/mol. The number of phenolic OH excluding ortho intramolecular Hbond substituents is 1. The molecule has 1 aliphatic rings. The number of halogens is 1. The fraction of sp³-hybridized carbons (Fsp3) is 0.111. The van der Waals surface area contributed by atoms with Crippen LogP contribution in [0.2, 0.25) is 0 Å². The van der Waals surface area contributed by atoms with E-state index < -0.39 is 0 Å². The number of nitrogens with two attached hydrogens (primary N) is 1. The summed E-state index contributed by atoms with van der Waals surface area (Å²) >= 11 is 1.46. The van der Waals surface area contributed by atoms with E-state index in [0.717, 1.165) is 17.0 Å². The zero-order chi connectivity index (χ0) is 9.97. The molecular weight excluding hydrogens is 278 g/mol. The molecule has 6 heteroatoms. The summed E-state index contributed by atoms with van der Waals surface area (Å²) in [5, 5.41) is 17.4. The second kappa shape index (κ2) is 5.18. The van der Waals surface area contributed by atoms with E-state index in [0.29, 0.717) is 5.17 Å². The van der Waals surface area contributed by atoms with Crippen LogP contribution in [0.5, 0.6) is 5.75 Å². The SMILES string of the molecule is Br.NC1=NN=C(c2ccc(O)cc2)CS1. The quantitative estimate of drug-likeness (QED) is 0.826. The molecule has 0 fully saturated rings. The molecule has 1 aromatic carbocycles. The van der Waals surface area contributed by atoms with Crippen LogP contribution in [0.15, 0.2) is 34.5 Å². The minimum absolute atomic E-state index is 0. The van der Waals surface area contributed by atoms with Crippen molar-refractivity contribution in [3.63, 3.8) is 0 Å². The van der Waals surface area contributed by atoms with E-state index in [1.165, 1.54) is 11.8 Å². The van der Waals surface area contributed by atoms with Crippen LogP contribution < -0.4 is 5.73 Å². The van der Waals surface area contributed by atoms with Gasteiger partial charge < -0.3 is 10.8 Å². The Kier molecular flexibility index (Phi) is 4.16. The van der Waals surface area contributed by atoms with Gasteiger partial charge in [0.1, 0.15) is 5.75 Å². The molecule has 0 aromatic heterocycles. The number of rotatable bonds is 1. The molecule has 0 spiro atoms. The molecule has 1 heterocycles. The molecule has 15 heavy (non-hydrogen) atoms. The van der Waals surface area contributed by atoms with Gasteiger partial charge in [0.05, 0.1) is 5.71 Å². The van der Waals surface area contributed by atoms with Gasteiger partial charge in [0.2, 0.25) is 0 Å². The van der Waals surface area contributed by atoms with E-state index in [4.69, 9.17) is 10.8 Å². The van der Waals surface area contributed by atoms with Crippen molar-refractivity contribution in [3.8, 4) is 5.75 Å². The lowest BCUT2D eigenvalue weighted by Gasteiger charge is -2.08. The van der Waals surface area contributed by atoms with Crippen LogP contribution in [0.4, 0.5) is 0 Å². The molecule has 2 rings (SSSR count). The molecule has 4 nitrogen and oxygen atoms in total. The molecule has 0 saturated heterocycles. The van der Waals surface area contributed by atoms with Gasteiger partial charge in [0, 0.05) is 5.75 Å². The van der Waals surface area contributed by atoms with E-state index in [1.54, 1.807) is 12.1 Å². The Bertz CT molecular complexity index is 402. The van der Waals surface area contributed by atoms with Crippen molar-refractivity contribution >= 4 is 39.6 Å². The largest absolute Gasteiger partial charge is 0.508 e. The Morgan fingerprint density at radius 1 is 1.20 bits per heavy atom. The molecule has 1 aliphatic heterocycles. The first-order valence-corrected chi connectivity index (χ1v) is 5.06. The number of amidine groups is 1. The number of aromatic hydroxyl groups is 1. The second-order valence-corrected chi connectivity index (χ2v) is 3.82. The first-order chi connectivity index (χ1) is 6.75. The summed E-state index contributed by atoms with van der Waals surface area (Å²) in [6.07, 6.45) is 0. The van der Waals surface area contributed by atoms with Crippen molar-refractivity contribution in [2.24, 2.45) is 15.9 Å². The lowest BCUT2D eigenvalue weighted by atomic mass is 10.1. The highest BCUT2D eigenvalue weighted by Gasteiger charge is 2.09. The Hall–Kier alpha value is -1.01. The van der Waals surface area contributed by atoms with Crippen LogP contribution in [-0.2, 0) is 0 Å². The summed E-state index contributed by atoms with van der Waals surface area (Å²) in [5.74, 6) is 0.973. The zero-order valence-electron chi connectivity index (χ0n) is 7.75. The smallest absolute Gasteiger partial charge is 0.180 e. The molecule has 3 N–H and O–H groups in total. The molecule has 0 radical (unpaired) electrons. The molecular formula is C9H10BrN3OS. The third-order valence-electron chi connectivity index (χ3n) is 1.83. The summed E-state index contributed by atoms with van der Waals surface area (Å²) in [5.41, 5.74) is 7.31. The minimum atomic E-state index is 0. The van der Waals surface area contributed by atoms with Crippen molar-refractivity contribution in [2.45, 2.75) is 0 Å². The molecule has 0 atom stereocenters. The Labute approximate surface area is 102 Å². The fourth-order valence-corrected chi connectivity index (χ4v) is 1.71. The van der Waals surface area contributed by atoms with Gasteiger partial charge in [-0.15, -0.1) is 22.1 Å². The molecule has 0 bridgehead atoms. The van der Waals surface area contributed by atoms with E-state index in [-0.39, 0.29) is 22.7 Å². The highest BCUT2D eigenvalue weighted by atomic mass is 79.9. The van der Waals surface area contributed by atoms with Crippen LogP contribution in [-0.4, -0.2) is 21.7 Å². The average Bonchev–Trinajstić information content (AvgIpc) is 2.21. The molecule has 0 amide bonds. The van der Waals surface area contributed by atoms with E-state index in [1.807, 2.05) is 12.1 Å². The van der Waals surface area contributed by atoms with Gasteiger partial charge >= 0.3 is 0 Å². The van der Waals surface area contributed by atoms with Gasteiger partial charge in [-0.3, -0.25) is 0 Å². The third kappa shape index (κ3) is 2.97. The number of benzene rings is 1. The summed E-state index contributed by atoms with van der Waals surface area (Å²) < 4.78 is 0. The molecule has 0 unspecified atom stereocenters. The predicted molar refractivity (Wildman–Crippen MR) is 69.0 cm³/mol. The lowest BCUT2D eigenvalue weighted by Crippen LogP contribution is -2.16. The van der Waals surface area contributed by atoms with Gasteiger partial charge in [-0.2, -0.15) is 5.10 Å². The maximum Gasteiger partial charge on any atom is 0.180 e. The normalized spacial score (nSPS) is 14.9. The van der Waals surface area contributed by atoms with Crippen LogP contribution in [0.1, 0.15) is 5.56 Å². The second-order valence-electron chi connectivity index (χ2n) is 2.82. The van der Waals surface area contributed by atoms with Crippen molar-refractivity contribution in [1.82, 2.24) is 0 Å². The van der Waals surface area contributed by atoms with Gasteiger partial charge in [-0.05, 0) is 29.8 Å². The maximum atomic E-state index is 9.10.